The minimum atomic E-state index is -0.983. The van der Waals surface area contributed by atoms with E-state index in [9.17, 15) is 13.6 Å². The number of halogens is 2. The van der Waals surface area contributed by atoms with Gasteiger partial charge in [-0.05, 0) is 30.9 Å². The van der Waals surface area contributed by atoms with Crippen molar-refractivity contribution in [3.05, 3.63) is 29.8 Å². The maximum Gasteiger partial charge on any atom is 0.258 e. The van der Waals surface area contributed by atoms with Crippen LogP contribution in [0.25, 0.3) is 0 Å². The van der Waals surface area contributed by atoms with Crippen LogP contribution in [0.1, 0.15) is 32.6 Å². The van der Waals surface area contributed by atoms with Gasteiger partial charge in [0.2, 0.25) is 0 Å². The molecule has 0 radical (unpaired) electrons. The molecule has 1 aliphatic carbocycles. The van der Waals surface area contributed by atoms with Gasteiger partial charge in [-0.25, -0.2) is 8.78 Å². The van der Waals surface area contributed by atoms with Crippen molar-refractivity contribution in [1.82, 2.24) is 5.32 Å². The van der Waals surface area contributed by atoms with E-state index in [1.54, 1.807) is 0 Å². The van der Waals surface area contributed by atoms with Crippen LogP contribution in [0.15, 0.2) is 18.2 Å². The van der Waals surface area contributed by atoms with Crippen LogP contribution in [0.5, 0.6) is 5.75 Å². The van der Waals surface area contributed by atoms with Crippen LogP contribution in [-0.2, 0) is 4.79 Å². The number of carbonyl (C=O) groups is 1. The molecular weight excluding hydrogens is 264 g/mol. The van der Waals surface area contributed by atoms with E-state index in [2.05, 4.69) is 12.2 Å². The Kier molecular flexibility index (Phi) is 4.93. The van der Waals surface area contributed by atoms with E-state index >= 15 is 0 Å². The fraction of sp³-hybridized carbons (Fsp3) is 0.533. The molecule has 1 N–H and O–H groups in total. The van der Waals surface area contributed by atoms with Crippen LogP contribution < -0.4 is 10.1 Å². The van der Waals surface area contributed by atoms with Gasteiger partial charge in [0, 0.05) is 12.1 Å². The molecule has 110 valence electrons. The van der Waals surface area contributed by atoms with Gasteiger partial charge in [-0.15, -0.1) is 0 Å². The van der Waals surface area contributed by atoms with Crippen molar-refractivity contribution in [2.75, 3.05) is 6.61 Å². The first-order valence-corrected chi connectivity index (χ1v) is 6.93. The predicted octanol–water partition coefficient (Wildman–Crippen LogP) is 3.04. The van der Waals surface area contributed by atoms with Crippen LogP contribution in [0.2, 0.25) is 0 Å². The average molecular weight is 283 g/mol. The molecule has 1 saturated carbocycles. The van der Waals surface area contributed by atoms with Gasteiger partial charge in [-0.1, -0.05) is 19.8 Å². The highest BCUT2D eigenvalue weighted by Crippen LogP contribution is 2.23. The normalized spacial score (nSPS) is 22.4. The fourth-order valence-corrected chi connectivity index (χ4v) is 2.49. The SMILES string of the molecule is C[C@@H]1CCCC[C@@H]1NC(=O)COc1ccc(F)c(F)c1. The minimum Gasteiger partial charge on any atom is -0.484 e. The van der Waals surface area contributed by atoms with Crippen molar-refractivity contribution >= 4 is 5.91 Å². The Morgan fingerprint density at radius 3 is 2.75 bits per heavy atom. The first-order valence-electron chi connectivity index (χ1n) is 6.93. The van der Waals surface area contributed by atoms with E-state index in [4.69, 9.17) is 4.74 Å². The third kappa shape index (κ3) is 3.92. The number of nitrogens with one attached hydrogen (secondary N) is 1. The first kappa shape index (κ1) is 14.8. The van der Waals surface area contributed by atoms with Crippen molar-refractivity contribution in [3.63, 3.8) is 0 Å². The van der Waals surface area contributed by atoms with Crippen molar-refractivity contribution < 1.29 is 18.3 Å². The Labute approximate surface area is 117 Å². The lowest BCUT2D eigenvalue weighted by Crippen LogP contribution is -2.43. The quantitative estimate of drug-likeness (QED) is 0.922. The third-order valence-electron chi connectivity index (χ3n) is 3.72. The van der Waals surface area contributed by atoms with Crippen molar-refractivity contribution in [3.8, 4) is 5.75 Å². The van der Waals surface area contributed by atoms with Gasteiger partial charge in [0.05, 0.1) is 0 Å². The molecule has 0 aromatic heterocycles. The molecule has 0 bridgehead atoms. The molecule has 1 aromatic carbocycles. The summed E-state index contributed by atoms with van der Waals surface area (Å²) in [4.78, 5) is 11.8. The average Bonchev–Trinajstić information content (AvgIpc) is 2.43. The molecule has 1 aliphatic rings. The molecule has 2 atom stereocenters. The zero-order valence-corrected chi connectivity index (χ0v) is 11.5. The molecule has 0 unspecified atom stereocenters. The molecule has 1 aromatic rings. The molecule has 3 nitrogen and oxygen atoms in total. The molecular formula is C15H19F2NO2. The van der Waals surface area contributed by atoms with Gasteiger partial charge in [-0.3, -0.25) is 4.79 Å². The van der Waals surface area contributed by atoms with Gasteiger partial charge < -0.3 is 10.1 Å². The fourth-order valence-electron chi connectivity index (χ4n) is 2.49. The smallest absolute Gasteiger partial charge is 0.258 e. The summed E-state index contributed by atoms with van der Waals surface area (Å²) in [6.07, 6.45) is 4.44. The highest BCUT2D eigenvalue weighted by Gasteiger charge is 2.22. The summed E-state index contributed by atoms with van der Waals surface area (Å²) in [5, 5.41) is 2.93. The molecule has 20 heavy (non-hydrogen) atoms. The molecule has 1 amide bonds. The van der Waals surface area contributed by atoms with Gasteiger partial charge in [0.25, 0.3) is 5.91 Å². The van der Waals surface area contributed by atoms with Crippen LogP contribution >= 0.6 is 0 Å². The molecule has 5 heteroatoms. The second kappa shape index (κ2) is 6.68. The van der Waals surface area contributed by atoms with E-state index in [1.165, 1.54) is 12.5 Å². The van der Waals surface area contributed by atoms with Crippen molar-refractivity contribution in [2.24, 2.45) is 5.92 Å². The van der Waals surface area contributed by atoms with Gasteiger partial charge in [0.1, 0.15) is 5.75 Å². The molecule has 0 heterocycles. The van der Waals surface area contributed by atoms with Crippen LogP contribution in [-0.4, -0.2) is 18.6 Å². The van der Waals surface area contributed by atoms with Gasteiger partial charge in [0.15, 0.2) is 18.2 Å². The lowest BCUT2D eigenvalue weighted by molar-refractivity contribution is -0.124. The summed E-state index contributed by atoms with van der Waals surface area (Å²) in [5.41, 5.74) is 0. The van der Waals surface area contributed by atoms with Crippen LogP contribution in [0.3, 0.4) is 0 Å². The lowest BCUT2D eigenvalue weighted by atomic mass is 9.86. The number of ether oxygens (including phenoxy) is 1. The highest BCUT2D eigenvalue weighted by atomic mass is 19.2. The van der Waals surface area contributed by atoms with Crippen LogP contribution in [0, 0.1) is 17.6 Å². The lowest BCUT2D eigenvalue weighted by Gasteiger charge is -2.29. The van der Waals surface area contributed by atoms with Gasteiger partial charge >= 0.3 is 0 Å². The number of rotatable bonds is 4. The van der Waals surface area contributed by atoms with E-state index in [-0.39, 0.29) is 24.3 Å². The zero-order valence-electron chi connectivity index (χ0n) is 11.5. The van der Waals surface area contributed by atoms with E-state index in [0.717, 1.165) is 31.4 Å². The molecule has 1 fully saturated rings. The highest BCUT2D eigenvalue weighted by molar-refractivity contribution is 5.77. The predicted molar refractivity (Wildman–Crippen MR) is 71.4 cm³/mol. The largest absolute Gasteiger partial charge is 0.484 e. The molecule has 0 aliphatic heterocycles. The summed E-state index contributed by atoms with van der Waals surface area (Å²) in [7, 11) is 0. The monoisotopic (exact) mass is 283 g/mol. The Balaban J connectivity index is 1.81. The summed E-state index contributed by atoms with van der Waals surface area (Å²) < 4.78 is 30.9. The number of benzene rings is 1. The zero-order chi connectivity index (χ0) is 14.5. The summed E-state index contributed by atoms with van der Waals surface area (Å²) in [6.45, 7) is 1.94. The number of hydrogen-bond donors (Lipinski definition) is 1. The number of amides is 1. The summed E-state index contributed by atoms with van der Waals surface area (Å²) >= 11 is 0. The Hall–Kier alpha value is -1.65. The summed E-state index contributed by atoms with van der Waals surface area (Å²) in [5.74, 6) is -1.53. The minimum absolute atomic E-state index is 0.149. The van der Waals surface area contributed by atoms with Crippen molar-refractivity contribution in [2.45, 2.75) is 38.6 Å². The molecule has 2 rings (SSSR count). The van der Waals surface area contributed by atoms with Crippen LogP contribution in [0.4, 0.5) is 8.78 Å². The number of hydrogen-bond acceptors (Lipinski definition) is 2. The van der Waals surface area contributed by atoms with E-state index in [0.29, 0.717) is 5.92 Å². The maximum absolute atomic E-state index is 13.0. The Morgan fingerprint density at radius 2 is 2.05 bits per heavy atom. The Morgan fingerprint density at radius 1 is 1.30 bits per heavy atom. The van der Waals surface area contributed by atoms with Gasteiger partial charge in [-0.2, -0.15) is 0 Å². The second-order valence-electron chi connectivity index (χ2n) is 5.30. The number of carbonyl (C=O) groups excluding carboxylic acids is 1. The van der Waals surface area contributed by atoms with E-state index < -0.39 is 11.6 Å². The summed E-state index contributed by atoms with van der Waals surface area (Å²) in [6, 6.07) is 3.40. The van der Waals surface area contributed by atoms with E-state index in [1.807, 2.05) is 0 Å². The third-order valence-corrected chi connectivity index (χ3v) is 3.72. The second-order valence-corrected chi connectivity index (χ2v) is 5.30. The topological polar surface area (TPSA) is 38.3 Å². The molecule has 0 saturated heterocycles. The molecule has 0 spiro atoms. The standard InChI is InChI=1S/C15H19F2NO2/c1-10-4-2-3-5-14(10)18-15(19)9-20-11-6-7-12(16)13(17)8-11/h6-8,10,14H,2-5,9H2,1H3,(H,18,19)/t10-,14+/m1/s1. The van der Waals surface area contributed by atoms with Crippen molar-refractivity contribution in [1.29, 1.82) is 0 Å². The maximum atomic E-state index is 13.0. The first-order chi connectivity index (χ1) is 9.56. The Bertz CT molecular complexity index is 479.